The molecule has 4 unspecified atom stereocenters. The van der Waals surface area contributed by atoms with Crippen LogP contribution in [0.3, 0.4) is 0 Å². The first-order chi connectivity index (χ1) is 10.5. The number of halogens is 1. The summed E-state index contributed by atoms with van der Waals surface area (Å²) in [4.78, 5) is 23.1. The highest BCUT2D eigenvalue weighted by atomic mass is 35.5. The van der Waals surface area contributed by atoms with Crippen LogP contribution in [0.1, 0.15) is 24.8 Å². The number of hydrogen-bond acceptors (Lipinski definition) is 3. The lowest BCUT2D eigenvalue weighted by Gasteiger charge is -2.27. The zero-order chi connectivity index (χ0) is 15.7. The van der Waals surface area contributed by atoms with Crippen molar-refractivity contribution in [3.63, 3.8) is 0 Å². The van der Waals surface area contributed by atoms with Gasteiger partial charge in [-0.1, -0.05) is 12.1 Å². The lowest BCUT2D eigenvalue weighted by atomic mass is 9.84. The third-order valence-corrected chi connectivity index (χ3v) is 4.97. The van der Waals surface area contributed by atoms with Gasteiger partial charge < -0.3 is 22.1 Å². The second kappa shape index (κ2) is 7.19. The fraction of sp³-hybridized carbons (Fsp3) is 0.500. The van der Waals surface area contributed by atoms with Crippen molar-refractivity contribution in [1.29, 1.82) is 0 Å². The molecule has 0 saturated heterocycles. The first-order valence-corrected chi connectivity index (χ1v) is 7.73. The van der Waals surface area contributed by atoms with Crippen molar-refractivity contribution in [2.24, 2.45) is 29.2 Å². The van der Waals surface area contributed by atoms with Crippen LogP contribution in [0.2, 0.25) is 0 Å². The summed E-state index contributed by atoms with van der Waals surface area (Å²) in [5, 5.41) is 5.49. The van der Waals surface area contributed by atoms with Crippen LogP contribution in [0.15, 0.2) is 24.3 Å². The summed E-state index contributed by atoms with van der Waals surface area (Å²) in [6.45, 7) is 0.376. The van der Waals surface area contributed by atoms with Gasteiger partial charge in [0.1, 0.15) is 0 Å². The van der Waals surface area contributed by atoms with Crippen molar-refractivity contribution in [2.75, 3.05) is 5.32 Å². The number of carbonyl (C=O) groups is 2. The Labute approximate surface area is 141 Å². The highest BCUT2D eigenvalue weighted by Crippen LogP contribution is 2.47. The van der Waals surface area contributed by atoms with Crippen molar-refractivity contribution in [1.82, 2.24) is 5.32 Å². The van der Waals surface area contributed by atoms with Gasteiger partial charge in [-0.3, -0.25) is 4.79 Å². The number of nitrogens with one attached hydrogen (secondary N) is 2. The fourth-order valence-electron chi connectivity index (χ4n) is 3.85. The number of fused-ring (bicyclic) bond motifs is 2. The monoisotopic (exact) mass is 338 g/mol. The lowest BCUT2D eigenvalue weighted by Crippen LogP contribution is -2.42. The van der Waals surface area contributed by atoms with E-state index in [0.29, 0.717) is 18.4 Å². The molecule has 6 nitrogen and oxygen atoms in total. The third kappa shape index (κ3) is 3.76. The number of primary amides is 1. The smallest absolute Gasteiger partial charge is 0.312 e. The molecule has 6 N–H and O–H groups in total. The summed E-state index contributed by atoms with van der Waals surface area (Å²) < 4.78 is 0. The molecule has 2 aliphatic carbocycles. The number of benzene rings is 1. The maximum Gasteiger partial charge on any atom is 0.312 e. The number of urea groups is 1. The molecule has 2 bridgehead atoms. The molecule has 7 heteroatoms. The average molecular weight is 339 g/mol. The highest BCUT2D eigenvalue weighted by Gasteiger charge is 2.49. The predicted molar refractivity (Wildman–Crippen MR) is 91.0 cm³/mol. The van der Waals surface area contributed by atoms with E-state index >= 15 is 0 Å². The number of carbonyl (C=O) groups excluding carboxylic acids is 2. The largest absolute Gasteiger partial charge is 0.352 e. The molecule has 0 aliphatic heterocycles. The predicted octanol–water partition coefficient (Wildman–Crippen LogP) is 1.59. The van der Waals surface area contributed by atoms with E-state index in [1.807, 2.05) is 24.3 Å². The van der Waals surface area contributed by atoms with Crippen molar-refractivity contribution < 1.29 is 9.59 Å². The van der Waals surface area contributed by atoms with Crippen molar-refractivity contribution >= 4 is 30.0 Å². The highest BCUT2D eigenvalue weighted by molar-refractivity contribution is 5.93. The minimum atomic E-state index is -0.553. The van der Waals surface area contributed by atoms with E-state index in [4.69, 9.17) is 11.5 Å². The van der Waals surface area contributed by atoms with Gasteiger partial charge in [0.2, 0.25) is 5.91 Å². The summed E-state index contributed by atoms with van der Waals surface area (Å²) in [7, 11) is 0. The summed E-state index contributed by atoms with van der Waals surface area (Å²) in [5.41, 5.74) is 12.9. The topological polar surface area (TPSA) is 110 Å². The van der Waals surface area contributed by atoms with Crippen LogP contribution in [0.5, 0.6) is 0 Å². The molecule has 0 heterocycles. The fourth-order valence-corrected chi connectivity index (χ4v) is 3.85. The summed E-state index contributed by atoms with van der Waals surface area (Å²) >= 11 is 0. The minimum absolute atomic E-state index is 0. The Bertz CT molecular complexity index is 576. The average Bonchev–Trinajstić information content (AvgIpc) is 3.07. The van der Waals surface area contributed by atoms with Crippen LogP contribution in [0, 0.1) is 17.8 Å². The second-order valence-electron chi connectivity index (χ2n) is 6.34. The molecule has 1 aromatic rings. The maximum absolute atomic E-state index is 12.5. The molecular formula is C16H23ClN4O2. The van der Waals surface area contributed by atoms with Gasteiger partial charge in [0.05, 0.1) is 5.92 Å². The van der Waals surface area contributed by atoms with Gasteiger partial charge in [-0.25, -0.2) is 4.79 Å². The summed E-state index contributed by atoms with van der Waals surface area (Å²) in [5.74, 6) is 0.930. The lowest BCUT2D eigenvalue weighted by molar-refractivity contribution is -0.121. The Kier molecular flexibility index (Phi) is 5.49. The van der Waals surface area contributed by atoms with Gasteiger partial charge in [-0.05, 0) is 48.8 Å². The summed E-state index contributed by atoms with van der Waals surface area (Å²) in [6, 6.07) is 6.81. The normalized spacial score (nSPS) is 28.0. The van der Waals surface area contributed by atoms with Gasteiger partial charge in [-0.15, -0.1) is 12.4 Å². The molecule has 23 heavy (non-hydrogen) atoms. The minimum Gasteiger partial charge on any atom is -0.352 e. The molecule has 126 valence electrons. The summed E-state index contributed by atoms with van der Waals surface area (Å²) in [6.07, 6.45) is 3.38. The first kappa shape index (κ1) is 17.6. The van der Waals surface area contributed by atoms with Crippen LogP contribution >= 0.6 is 12.4 Å². The Hall–Kier alpha value is -1.79. The molecule has 2 saturated carbocycles. The van der Waals surface area contributed by atoms with E-state index in [1.54, 1.807) is 0 Å². The van der Waals surface area contributed by atoms with Crippen molar-refractivity contribution in [2.45, 2.75) is 31.8 Å². The second-order valence-corrected chi connectivity index (χ2v) is 6.34. The molecule has 0 spiro atoms. The third-order valence-electron chi connectivity index (χ3n) is 4.97. The number of rotatable bonds is 4. The molecule has 3 amide bonds. The molecule has 3 rings (SSSR count). The van der Waals surface area contributed by atoms with E-state index < -0.39 is 6.03 Å². The van der Waals surface area contributed by atoms with Crippen LogP contribution in [0.4, 0.5) is 10.5 Å². The zero-order valence-corrected chi connectivity index (χ0v) is 13.6. The van der Waals surface area contributed by atoms with Gasteiger partial charge in [0, 0.05) is 18.3 Å². The van der Waals surface area contributed by atoms with Gasteiger partial charge in [0.15, 0.2) is 0 Å². The SMILES string of the molecule is Cl.NC(=O)NCc1ccc(NC(=O)C2C3CCC(C3)C2N)cc1. The molecule has 0 aromatic heterocycles. The van der Waals surface area contributed by atoms with E-state index in [-0.39, 0.29) is 30.3 Å². The molecule has 1 aromatic carbocycles. The van der Waals surface area contributed by atoms with Crippen LogP contribution in [-0.2, 0) is 11.3 Å². The van der Waals surface area contributed by atoms with E-state index in [1.165, 1.54) is 0 Å². The van der Waals surface area contributed by atoms with Gasteiger partial charge in [0.25, 0.3) is 0 Å². The first-order valence-electron chi connectivity index (χ1n) is 7.73. The number of anilines is 1. The number of nitrogens with two attached hydrogens (primary N) is 2. The van der Waals surface area contributed by atoms with E-state index in [9.17, 15) is 9.59 Å². The molecule has 4 atom stereocenters. The molecule has 0 radical (unpaired) electrons. The van der Waals surface area contributed by atoms with E-state index in [2.05, 4.69) is 10.6 Å². The van der Waals surface area contributed by atoms with Gasteiger partial charge in [-0.2, -0.15) is 0 Å². The van der Waals surface area contributed by atoms with Crippen LogP contribution < -0.4 is 22.1 Å². The molecular weight excluding hydrogens is 316 g/mol. The van der Waals surface area contributed by atoms with Crippen molar-refractivity contribution in [3.8, 4) is 0 Å². The Morgan fingerprint density at radius 3 is 2.35 bits per heavy atom. The molecule has 2 fully saturated rings. The number of amides is 3. The van der Waals surface area contributed by atoms with Gasteiger partial charge >= 0.3 is 6.03 Å². The van der Waals surface area contributed by atoms with E-state index in [0.717, 1.165) is 30.5 Å². The van der Waals surface area contributed by atoms with Crippen LogP contribution in [-0.4, -0.2) is 18.0 Å². The van der Waals surface area contributed by atoms with Crippen LogP contribution in [0.25, 0.3) is 0 Å². The quantitative estimate of drug-likeness (QED) is 0.669. The Morgan fingerprint density at radius 1 is 1.13 bits per heavy atom. The van der Waals surface area contributed by atoms with Crippen molar-refractivity contribution in [3.05, 3.63) is 29.8 Å². The Balaban J connectivity index is 0.00000192. The standard InChI is InChI=1S/C16H22N4O2.ClH/c17-14-11-4-3-10(7-11)13(14)15(21)20-12-5-1-9(2-6-12)8-19-16(18)22;/h1-2,5-6,10-11,13-14H,3-4,7-8,17H2,(H,20,21)(H3,18,19,22);1H. The number of hydrogen-bond donors (Lipinski definition) is 4. The maximum atomic E-state index is 12.5. The Morgan fingerprint density at radius 2 is 1.78 bits per heavy atom. The zero-order valence-electron chi connectivity index (χ0n) is 12.8. The molecule has 2 aliphatic rings.